The number of nitrogens with zero attached hydrogens (tertiary/aromatic N) is 4. The first-order chi connectivity index (χ1) is 15.9. The highest BCUT2D eigenvalue weighted by molar-refractivity contribution is 7.92. The van der Waals surface area contributed by atoms with Crippen molar-refractivity contribution >= 4 is 15.7 Å². The van der Waals surface area contributed by atoms with Gasteiger partial charge in [-0.2, -0.15) is 0 Å². The number of sulfonamides is 1. The van der Waals surface area contributed by atoms with Crippen molar-refractivity contribution in [1.82, 2.24) is 19.7 Å². The van der Waals surface area contributed by atoms with E-state index in [9.17, 15) is 8.42 Å². The maximum Gasteiger partial charge on any atom is 0.265 e. The van der Waals surface area contributed by atoms with E-state index in [0.717, 1.165) is 5.82 Å². The lowest BCUT2D eigenvalue weighted by atomic mass is 10.3. The molecular formula is C22H21N5O5S. The summed E-state index contributed by atoms with van der Waals surface area (Å²) < 4.78 is 46.0. The van der Waals surface area contributed by atoms with Crippen LogP contribution in [-0.4, -0.2) is 42.4 Å². The summed E-state index contributed by atoms with van der Waals surface area (Å²) in [6.45, 7) is 1.87. The Balaban J connectivity index is 1.46. The predicted molar refractivity (Wildman–Crippen MR) is 121 cm³/mol. The zero-order chi connectivity index (χ0) is 23.4. The fraction of sp³-hybridized carbons (Fsp3) is 0.136. The van der Waals surface area contributed by atoms with Gasteiger partial charge in [0.05, 0.1) is 14.2 Å². The number of hydrogen-bond acceptors (Lipinski definition) is 8. The van der Waals surface area contributed by atoms with Crippen LogP contribution in [0.2, 0.25) is 0 Å². The van der Waals surface area contributed by atoms with Crippen molar-refractivity contribution in [3.8, 4) is 28.9 Å². The van der Waals surface area contributed by atoms with Crippen LogP contribution in [0.4, 0.5) is 5.69 Å². The molecule has 0 bridgehead atoms. The maximum atomic E-state index is 12.8. The lowest BCUT2D eigenvalue weighted by Crippen LogP contribution is -2.14. The van der Waals surface area contributed by atoms with Crippen LogP contribution in [0, 0.1) is 6.92 Å². The molecule has 11 heteroatoms. The molecule has 0 radical (unpaired) electrons. The molecule has 2 aromatic heterocycles. The molecular weight excluding hydrogens is 446 g/mol. The van der Waals surface area contributed by atoms with Gasteiger partial charge < -0.3 is 14.2 Å². The van der Waals surface area contributed by atoms with E-state index in [4.69, 9.17) is 14.2 Å². The summed E-state index contributed by atoms with van der Waals surface area (Å²) in [5, 5.41) is 8.21. The summed E-state index contributed by atoms with van der Waals surface area (Å²) >= 11 is 0. The predicted octanol–water partition coefficient (Wildman–Crippen LogP) is 3.58. The van der Waals surface area contributed by atoms with Gasteiger partial charge in [0.15, 0.2) is 5.82 Å². The molecule has 0 aliphatic heterocycles. The number of hydrogen-bond donors (Lipinski definition) is 1. The SMILES string of the molecule is COc1ccc(S(=O)(=O)Nc2ccc(Oc3ccc(-n4ccnc4C)nn3)cc2)c(OC)c1. The number of methoxy groups -OCH3 is 2. The van der Waals surface area contributed by atoms with Gasteiger partial charge in [-0.1, -0.05) is 0 Å². The molecule has 1 N–H and O–H groups in total. The van der Waals surface area contributed by atoms with Gasteiger partial charge in [-0.15, -0.1) is 10.2 Å². The summed E-state index contributed by atoms with van der Waals surface area (Å²) in [7, 11) is -0.998. The van der Waals surface area contributed by atoms with Gasteiger partial charge in [0.2, 0.25) is 5.88 Å². The molecule has 0 amide bonds. The Bertz CT molecular complexity index is 1350. The Morgan fingerprint density at radius 2 is 1.67 bits per heavy atom. The summed E-state index contributed by atoms with van der Waals surface area (Å²) in [4.78, 5) is 4.15. The van der Waals surface area contributed by atoms with E-state index in [1.54, 1.807) is 59.4 Å². The van der Waals surface area contributed by atoms with Crippen molar-refractivity contribution in [1.29, 1.82) is 0 Å². The third-order valence-electron chi connectivity index (χ3n) is 4.69. The Kier molecular flexibility index (Phi) is 6.13. The fourth-order valence-electron chi connectivity index (χ4n) is 3.03. The van der Waals surface area contributed by atoms with Gasteiger partial charge in [-0.25, -0.2) is 13.4 Å². The molecule has 4 rings (SSSR count). The molecule has 0 spiro atoms. The summed E-state index contributed by atoms with van der Waals surface area (Å²) in [6, 6.07) is 14.3. The molecule has 0 unspecified atom stereocenters. The van der Waals surface area contributed by atoms with E-state index in [0.29, 0.717) is 28.9 Å². The van der Waals surface area contributed by atoms with Crippen LogP contribution >= 0.6 is 0 Å². The van der Waals surface area contributed by atoms with Crippen LogP contribution in [0.1, 0.15) is 5.82 Å². The number of nitrogens with one attached hydrogen (secondary N) is 1. The highest BCUT2D eigenvalue weighted by atomic mass is 32.2. The Morgan fingerprint density at radius 1 is 0.909 bits per heavy atom. The Labute approximate surface area is 190 Å². The van der Waals surface area contributed by atoms with Crippen molar-refractivity contribution < 1.29 is 22.6 Å². The number of aromatic nitrogens is 4. The second kappa shape index (κ2) is 9.17. The van der Waals surface area contributed by atoms with Crippen molar-refractivity contribution in [2.75, 3.05) is 18.9 Å². The molecule has 0 saturated heterocycles. The highest BCUT2D eigenvalue weighted by Crippen LogP contribution is 2.30. The first-order valence-corrected chi connectivity index (χ1v) is 11.2. The van der Waals surface area contributed by atoms with Gasteiger partial charge in [-0.05, 0) is 49.4 Å². The lowest BCUT2D eigenvalue weighted by molar-refractivity contribution is 0.386. The molecule has 2 heterocycles. The first-order valence-electron chi connectivity index (χ1n) is 9.76. The van der Waals surface area contributed by atoms with Crippen LogP contribution < -0.4 is 18.9 Å². The minimum atomic E-state index is -3.88. The average Bonchev–Trinajstić information content (AvgIpc) is 3.26. The molecule has 0 aliphatic rings. The van der Waals surface area contributed by atoms with E-state index in [-0.39, 0.29) is 10.6 Å². The van der Waals surface area contributed by atoms with Crippen LogP contribution in [0.25, 0.3) is 5.82 Å². The first kappa shape index (κ1) is 22.1. The second-order valence-corrected chi connectivity index (χ2v) is 8.47. The average molecular weight is 468 g/mol. The molecule has 0 atom stereocenters. The van der Waals surface area contributed by atoms with Crippen molar-refractivity contribution in [3.05, 3.63) is 72.8 Å². The summed E-state index contributed by atoms with van der Waals surface area (Å²) in [5.74, 6) is 2.85. The van der Waals surface area contributed by atoms with E-state index in [2.05, 4.69) is 19.9 Å². The van der Waals surface area contributed by atoms with Gasteiger partial charge >= 0.3 is 0 Å². The van der Waals surface area contributed by atoms with Crippen molar-refractivity contribution in [3.63, 3.8) is 0 Å². The molecule has 2 aromatic carbocycles. The van der Waals surface area contributed by atoms with E-state index in [1.807, 2.05) is 6.92 Å². The van der Waals surface area contributed by atoms with Gasteiger partial charge in [0.25, 0.3) is 10.0 Å². The number of rotatable bonds is 8. The van der Waals surface area contributed by atoms with Crippen LogP contribution in [0.15, 0.2) is 71.9 Å². The number of benzene rings is 2. The zero-order valence-corrected chi connectivity index (χ0v) is 18.9. The standard InChI is InChI=1S/C22H21N5O5S/c1-15-23-12-13-27(15)21-10-11-22(25-24-21)32-17-6-4-16(5-7-17)26-33(28,29)20-9-8-18(30-2)14-19(20)31-3/h4-14,26H,1-3H3. The smallest absolute Gasteiger partial charge is 0.265 e. The van der Waals surface area contributed by atoms with E-state index < -0.39 is 10.0 Å². The molecule has 0 fully saturated rings. The minimum absolute atomic E-state index is 0.00498. The van der Waals surface area contributed by atoms with Gasteiger partial charge in [0.1, 0.15) is 28.0 Å². The van der Waals surface area contributed by atoms with Crippen LogP contribution in [0.3, 0.4) is 0 Å². The Hall–Kier alpha value is -4.12. The summed E-state index contributed by atoms with van der Waals surface area (Å²) in [6.07, 6.45) is 3.48. The molecule has 4 aromatic rings. The summed E-state index contributed by atoms with van der Waals surface area (Å²) in [5.41, 5.74) is 0.359. The van der Waals surface area contributed by atoms with Gasteiger partial charge in [0, 0.05) is 30.2 Å². The second-order valence-electron chi connectivity index (χ2n) is 6.82. The molecule has 170 valence electrons. The zero-order valence-electron chi connectivity index (χ0n) is 18.1. The van der Waals surface area contributed by atoms with Crippen molar-refractivity contribution in [2.45, 2.75) is 11.8 Å². The third-order valence-corrected chi connectivity index (χ3v) is 6.11. The van der Waals surface area contributed by atoms with E-state index >= 15 is 0 Å². The van der Waals surface area contributed by atoms with Gasteiger partial charge in [-0.3, -0.25) is 9.29 Å². The van der Waals surface area contributed by atoms with E-state index in [1.165, 1.54) is 26.4 Å². The number of aryl methyl sites for hydroxylation is 1. The van der Waals surface area contributed by atoms with Crippen LogP contribution in [-0.2, 0) is 10.0 Å². The Morgan fingerprint density at radius 3 is 2.27 bits per heavy atom. The fourth-order valence-corrected chi connectivity index (χ4v) is 4.25. The van der Waals surface area contributed by atoms with Crippen molar-refractivity contribution in [2.24, 2.45) is 0 Å². The third kappa shape index (κ3) is 4.88. The minimum Gasteiger partial charge on any atom is -0.497 e. The topological polar surface area (TPSA) is 117 Å². The van der Waals surface area contributed by atoms with Crippen LogP contribution in [0.5, 0.6) is 23.1 Å². The molecule has 0 saturated carbocycles. The molecule has 33 heavy (non-hydrogen) atoms. The molecule has 0 aliphatic carbocycles. The largest absolute Gasteiger partial charge is 0.497 e. The monoisotopic (exact) mass is 467 g/mol. The number of imidazole rings is 1. The molecule has 10 nitrogen and oxygen atoms in total. The lowest BCUT2D eigenvalue weighted by Gasteiger charge is -2.13. The quantitative estimate of drug-likeness (QED) is 0.418. The highest BCUT2D eigenvalue weighted by Gasteiger charge is 2.20. The maximum absolute atomic E-state index is 12.8. The number of ether oxygens (including phenoxy) is 3. The number of anilines is 1. The normalized spacial score (nSPS) is 11.1.